The molecule has 0 radical (unpaired) electrons. The molecular weight excluding hydrogens is 697 g/mol. The van der Waals surface area contributed by atoms with E-state index in [9.17, 15) is 0 Å². The SMILES string of the molecule is COc1cccc2sc3c(N(c4ccccc4)c4ccc5c(c4)Oc4ccccc4O5)cc(-c4ccc(N(c5ccccc5)c5ccccc5)cc4)cc3c12. The van der Waals surface area contributed by atoms with Gasteiger partial charge in [-0.1, -0.05) is 84.9 Å². The van der Waals surface area contributed by atoms with E-state index in [4.69, 9.17) is 14.2 Å². The van der Waals surface area contributed by atoms with Crippen molar-refractivity contribution in [2.45, 2.75) is 0 Å². The Morgan fingerprint density at radius 2 is 0.982 bits per heavy atom. The Balaban J connectivity index is 1.16. The summed E-state index contributed by atoms with van der Waals surface area (Å²) in [5.41, 5.74) is 8.51. The van der Waals surface area contributed by atoms with Crippen molar-refractivity contribution < 1.29 is 14.2 Å². The summed E-state index contributed by atoms with van der Waals surface area (Å²) in [5, 5.41) is 2.24. The van der Waals surface area contributed by atoms with Crippen molar-refractivity contribution in [3.05, 3.63) is 188 Å². The molecule has 1 aliphatic rings. The first-order valence-electron chi connectivity index (χ1n) is 18.2. The number of anilines is 6. The van der Waals surface area contributed by atoms with Gasteiger partial charge < -0.3 is 24.0 Å². The molecule has 264 valence electrons. The monoisotopic (exact) mass is 730 g/mol. The van der Waals surface area contributed by atoms with Gasteiger partial charge in [-0.2, -0.15) is 0 Å². The average molecular weight is 731 g/mol. The highest BCUT2D eigenvalue weighted by molar-refractivity contribution is 7.26. The summed E-state index contributed by atoms with van der Waals surface area (Å²) < 4.78 is 21.0. The summed E-state index contributed by atoms with van der Waals surface area (Å²) in [7, 11) is 1.75. The van der Waals surface area contributed by atoms with Crippen LogP contribution in [-0.4, -0.2) is 7.11 Å². The number of nitrogens with zero attached hydrogens (tertiary/aromatic N) is 2. The second-order valence-electron chi connectivity index (χ2n) is 13.3. The molecule has 55 heavy (non-hydrogen) atoms. The minimum Gasteiger partial charge on any atom is -0.496 e. The van der Waals surface area contributed by atoms with Crippen LogP contribution in [-0.2, 0) is 0 Å². The molecule has 8 aromatic carbocycles. The van der Waals surface area contributed by atoms with Gasteiger partial charge in [-0.25, -0.2) is 0 Å². The van der Waals surface area contributed by atoms with Gasteiger partial charge in [-0.05, 0) is 108 Å². The number of thiophene rings is 1. The van der Waals surface area contributed by atoms with Crippen molar-refractivity contribution in [3.63, 3.8) is 0 Å². The van der Waals surface area contributed by atoms with E-state index in [2.05, 4.69) is 161 Å². The van der Waals surface area contributed by atoms with Gasteiger partial charge in [0.1, 0.15) is 5.75 Å². The molecule has 5 nitrogen and oxygen atoms in total. The van der Waals surface area contributed by atoms with E-state index in [-0.39, 0.29) is 0 Å². The van der Waals surface area contributed by atoms with Crippen LogP contribution in [0.5, 0.6) is 28.7 Å². The van der Waals surface area contributed by atoms with Crippen LogP contribution in [0.1, 0.15) is 0 Å². The third-order valence-electron chi connectivity index (χ3n) is 9.98. The maximum atomic E-state index is 6.42. The number of methoxy groups -OCH3 is 1. The molecule has 0 fully saturated rings. The number of benzene rings is 8. The van der Waals surface area contributed by atoms with Crippen LogP contribution >= 0.6 is 11.3 Å². The van der Waals surface area contributed by atoms with Crippen molar-refractivity contribution in [1.29, 1.82) is 0 Å². The first-order valence-corrected chi connectivity index (χ1v) is 19.0. The first kappa shape index (κ1) is 32.6. The number of hydrogen-bond donors (Lipinski definition) is 0. The molecule has 9 aromatic rings. The minimum atomic E-state index is 0.666. The van der Waals surface area contributed by atoms with E-state index in [1.807, 2.05) is 36.4 Å². The number of ether oxygens (including phenoxy) is 3. The Labute approximate surface area is 323 Å². The molecule has 0 spiro atoms. The lowest BCUT2D eigenvalue weighted by molar-refractivity contribution is 0.360. The van der Waals surface area contributed by atoms with Crippen LogP contribution in [0.3, 0.4) is 0 Å². The van der Waals surface area contributed by atoms with Crippen LogP contribution < -0.4 is 24.0 Å². The van der Waals surface area contributed by atoms with Crippen LogP contribution in [0.25, 0.3) is 31.3 Å². The summed E-state index contributed by atoms with van der Waals surface area (Å²) in [6, 6.07) is 65.2. The quantitative estimate of drug-likeness (QED) is 0.155. The third kappa shape index (κ3) is 5.89. The molecule has 6 heteroatoms. The van der Waals surface area contributed by atoms with Crippen molar-refractivity contribution in [2.75, 3.05) is 16.9 Å². The lowest BCUT2D eigenvalue weighted by Gasteiger charge is -2.28. The molecule has 0 saturated carbocycles. The molecule has 0 unspecified atom stereocenters. The van der Waals surface area contributed by atoms with Gasteiger partial charge in [0.2, 0.25) is 0 Å². The Morgan fingerprint density at radius 3 is 1.62 bits per heavy atom. The van der Waals surface area contributed by atoms with E-state index in [1.165, 1.54) is 0 Å². The van der Waals surface area contributed by atoms with E-state index in [0.29, 0.717) is 23.0 Å². The van der Waals surface area contributed by atoms with E-state index >= 15 is 0 Å². The Kier molecular flexibility index (Phi) is 8.16. The lowest BCUT2D eigenvalue weighted by atomic mass is 9.99. The predicted molar refractivity (Wildman–Crippen MR) is 227 cm³/mol. The molecule has 0 aliphatic carbocycles. The van der Waals surface area contributed by atoms with Crippen molar-refractivity contribution in [3.8, 4) is 39.9 Å². The van der Waals surface area contributed by atoms with E-state index < -0.39 is 0 Å². The molecular formula is C49H34N2O3S. The first-order chi connectivity index (χ1) is 27.2. The van der Waals surface area contributed by atoms with Gasteiger partial charge in [0, 0.05) is 44.3 Å². The fourth-order valence-electron chi connectivity index (χ4n) is 7.45. The Morgan fingerprint density at radius 1 is 0.436 bits per heavy atom. The summed E-state index contributed by atoms with van der Waals surface area (Å²) in [6.45, 7) is 0. The standard InChI is InChI=1S/C49H34N2O3S/c1-52-45-22-13-23-47-48(45)40-30-34(33-24-26-38(27-25-33)50(35-14-5-2-6-15-35)36-16-7-3-8-17-36)31-41(49(40)55-47)51(37-18-9-4-10-19-37)39-28-29-44-46(32-39)54-43-21-12-11-20-42(43)53-44/h2-32H,1H3. The molecule has 2 heterocycles. The Hall–Kier alpha value is -7.02. The topological polar surface area (TPSA) is 34.2 Å². The molecule has 1 aromatic heterocycles. The fraction of sp³-hybridized carbons (Fsp3) is 0.0204. The van der Waals surface area contributed by atoms with Gasteiger partial charge in [-0.3, -0.25) is 0 Å². The zero-order valence-corrected chi connectivity index (χ0v) is 30.7. The molecule has 0 N–H and O–H groups in total. The van der Waals surface area contributed by atoms with Crippen molar-refractivity contribution in [2.24, 2.45) is 0 Å². The normalized spacial score (nSPS) is 11.7. The highest BCUT2D eigenvalue weighted by Gasteiger charge is 2.25. The van der Waals surface area contributed by atoms with Gasteiger partial charge in [0.05, 0.1) is 23.2 Å². The zero-order valence-electron chi connectivity index (χ0n) is 29.9. The Bertz CT molecular complexity index is 2760. The summed E-state index contributed by atoms with van der Waals surface area (Å²) in [5.74, 6) is 3.60. The van der Waals surface area contributed by atoms with Crippen LogP contribution in [0, 0.1) is 0 Å². The van der Waals surface area contributed by atoms with Crippen LogP contribution in [0.2, 0.25) is 0 Å². The molecule has 0 atom stereocenters. The average Bonchev–Trinajstić information content (AvgIpc) is 3.64. The highest BCUT2D eigenvalue weighted by atomic mass is 32.1. The highest BCUT2D eigenvalue weighted by Crippen LogP contribution is 2.52. The third-order valence-corrected chi connectivity index (χ3v) is 11.2. The summed E-state index contributed by atoms with van der Waals surface area (Å²) >= 11 is 1.78. The lowest BCUT2D eigenvalue weighted by Crippen LogP contribution is -2.11. The molecule has 10 rings (SSSR count). The van der Waals surface area contributed by atoms with Gasteiger partial charge >= 0.3 is 0 Å². The molecule has 0 saturated heterocycles. The van der Waals surface area contributed by atoms with Gasteiger partial charge in [-0.15, -0.1) is 11.3 Å². The molecule has 0 bridgehead atoms. The van der Waals surface area contributed by atoms with Gasteiger partial charge in [0.25, 0.3) is 0 Å². The fourth-order valence-corrected chi connectivity index (χ4v) is 8.65. The number of rotatable bonds is 8. The van der Waals surface area contributed by atoms with E-state index in [1.54, 1.807) is 18.4 Å². The van der Waals surface area contributed by atoms with Crippen LogP contribution in [0.4, 0.5) is 34.1 Å². The maximum Gasteiger partial charge on any atom is 0.172 e. The number of hydrogen-bond acceptors (Lipinski definition) is 6. The summed E-state index contributed by atoms with van der Waals surface area (Å²) in [6.07, 6.45) is 0. The molecule has 1 aliphatic heterocycles. The zero-order chi connectivity index (χ0) is 36.7. The minimum absolute atomic E-state index is 0.666. The van der Waals surface area contributed by atoms with Crippen molar-refractivity contribution >= 4 is 65.6 Å². The second-order valence-corrected chi connectivity index (χ2v) is 14.4. The van der Waals surface area contributed by atoms with Gasteiger partial charge in [0.15, 0.2) is 23.0 Å². The predicted octanol–water partition coefficient (Wildman–Crippen LogP) is 14.6. The second kappa shape index (κ2) is 13.8. The number of fused-ring (bicyclic) bond motifs is 5. The number of para-hydroxylation sites is 5. The summed E-state index contributed by atoms with van der Waals surface area (Å²) in [4.78, 5) is 4.60. The van der Waals surface area contributed by atoms with Crippen LogP contribution in [0.15, 0.2) is 188 Å². The maximum absolute atomic E-state index is 6.42. The van der Waals surface area contributed by atoms with Crippen molar-refractivity contribution in [1.82, 2.24) is 0 Å². The largest absolute Gasteiger partial charge is 0.496 e. The smallest absolute Gasteiger partial charge is 0.172 e. The molecule has 0 amide bonds. The van der Waals surface area contributed by atoms with E-state index in [0.717, 1.165) is 71.2 Å².